The van der Waals surface area contributed by atoms with Crippen molar-refractivity contribution in [1.82, 2.24) is 4.98 Å². The molecule has 4 nitrogen and oxygen atoms in total. The zero-order valence-electron chi connectivity index (χ0n) is 11.7. The van der Waals surface area contributed by atoms with Gasteiger partial charge in [0.25, 0.3) is 5.69 Å². The van der Waals surface area contributed by atoms with Crippen LogP contribution in [0.1, 0.15) is 11.3 Å². The molecule has 0 radical (unpaired) electrons. The summed E-state index contributed by atoms with van der Waals surface area (Å²) in [5.74, 6) is -1.37. The molecule has 0 aliphatic carbocycles. The average Bonchev–Trinajstić information content (AvgIpc) is 2.53. The molecule has 0 fully saturated rings. The number of hydrogen-bond acceptors (Lipinski definition) is 3. The highest BCUT2D eigenvalue weighted by atomic mass is 19.1. The summed E-state index contributed by atoms with van der Waals surface area (Å²) < 4.78 is 27.2. The summed E-state index contributed by atoms with van der Waals surface area (Å²) in [6, 6.07) is 11.5. The van der Waals surface area contributed by atoms with E-state index in [1.165, 1.54) is 24.3 Å². The van der Waals surface area contributed by atoms with Crippen LogP contribution in [0.2, 0.25) is 0 Å². The lowest BCUT2D eigenvalue weighted by Gasteiger charge is -2.01. The predicted octanol–water partition coefficient (Wildman–Crippen LogP) is 4.59. The second kappa shape index (κ2) is 5.92. The third-order valence-electron chi connectivity index (χ3n) is 3.34. The van der Waals surface area contributed by atoms with Crippen molar-refractivity contribution in [2.45, 2.75) is 0 Å². The van der Waals surface area contributed by atoms with Gasteiger partial charge in [0, 0.05) is 17.0 Å². The summed E-state index contributed by atoms with van der Waals surface area (Å²) in [5.41, 5.74) is 0.301. The first-order valence-corrected chi connectivity index (χ1v) is 6.72. The minimum absolute atomic E-state index is 0.116. The molecule has 0 unspecified atom stereocenters. The first kappa shape index (κ1) is 14.8. The van der Waals surface area contributed by atoms with Crippen LogP contribution in [0.3, 0.4) is 0 Å². The number of nitrogens with zero attached hydrogens (tertiary/aromatic N) is 2. The minimum Gasteiger partial charge on any atom is -0.258 e. The number of rotatable bonds is 3. The number of fused-ring (bicyclic) bond motifs is 1. The number of nitro groups is 1. The second-order valence-electron chi connectivity index (χ2n) is 4.81. The molecule has 1 aromatic heterocycles. The van der Waals surface area contributed by atoms with Crippen LogP contribution in [0.15, 0.2) is 48.5 Å². The Balaban J connectivity index is 2.06. The van der Waals surface area contributed by atoms with Gasteiger partial charge >= 0.3 is 0 Å². The number of para-hydroxylation sites is 1. The standard InChI is InChI=1S/C17H10F2N2O2/c18-14-4-2-5-15(19)13(14)10-9-12-8-7-11-3-1-6-16(21(22)23)17(11)20-12/h1-10H/b10-9+. The maximum absolute atomic E-state index is 13.6. The van der Waals surface area contributed by atoms with E-state index >= 15 is 0 Å². The largest absolute Gasteiger partial charge is 0.295 e. The van der Waals surface area contributed by atoms with E-state index in [2.05, 4.69) is 4.98 Å². The molecule has 3 aromatic rings. The molecule has 6 heteroatoms. The van der Waals surface area contributed by atoms with Gasteiger partial charge in [-0.05, 0) is 30.4 Å². The molecule has 2 aromatic carbocycles. The summed E-state index contributed by atoms with van der Waals surface area (Å²) in [4.78, 5) is 14.7. The molecule has 23 heavy (non-hydrogen) atoms. The SMILES string of the molecule is O=[N+]([O-])c1cccc2ccc(/C=C/c3c(F)cccc3F)nc12. The van der Waals surface area contributed by atoms with E-state index < -0.39 is 16.6 Å². The van der Waals surface area contributed by atoms with Gasteiger partial charge < -0.3 is 0 Å². The highest BCUT2D eigenvalue weighted by Gasteiger charge is 2.12. The van der Waals surface area contributed by atoms with Gasteiger partial charge in [-0.25, -0.2) is 13.8 Å². The summed E-state index contributed by atoms with van der Waals surface area (Å²) in [7, 11) is 0. The maximum atomic E-state index is 13.6. The Hall–Kier alpha value is -3.15. The van der Waals surface area contributed by atoms with Crippen molar-refractivity contribution >= 4 is 28.7 Å². The molecule has 0 atom stereocenters. The Morgan fingerprint density at radius 2 is 1.65 bits per heavy atom. The van der Waals surface area contributed by atoms with Crippen molar-refractivity contribution in [2.75, 3.05) is 0 Å². The van der Waals surface area contributed by atoms with Crippen LogP contribution in [0.5, 0.6) is 0 Å². The molecule has 3 rings (SSSR count). The molecule has 0 saturated heterocycles. The van der Waals surface area contributed by atoms with Gasteiger partial charge in [-0.1, -0.05) is 24.3 Å². The quantitative estimate of drug-likeness (QED) is 0.525. The molecule has 0 N–H and O–H groups in total. The van der Waals surface area contributed by atoms with E-state index in [-0.39, 0.29) is 16.8 Å². The molecule has 0 bridgehead atoms. The molecule has 0 saturated carbocycles. The molecule has 0 spiro atoms. The smallest absolute Gasteiger partial charge is 0.258 e. The summed E-state index contributed by atoms with van der Waals surface area (Å²) >= 11 is 0. The Labute approximate surface area is 129 Å². The second-order valence-corrected chi connectivity index (χ2v) is 4.81. The van der Waals surface area contributed by atoms with Gasteiger partial charge in [0.2, 0.25) is 0 Å². The normalized spacial score (nSPS) is 11.2. The highest BCUT2D eigenvalue weighted by molar-refractivity contribution is 5.88. The molecule has 114 valence electrons. The van der Waals surface area contributed by atoms with Crippen molar-refractivity contribution in [3.8, 4) is 0 Å². The van der Waals surface area contributed by atoms with E-state index in [4.69, 9.17) is 0 Å². The third kappa shape index (κ3) is 2.91. The van der Waals surface area contributed by atoms with Crippen LogP contribution in [-0.4, -0.2) is 9.91 Å². The molecular weight excluding hydrogens is 302 g/mol. The van der Waals surface area contributed by atoms with Gasteiger partial charge in [0.15, 0.2) is 0 Å². The Morgan fingerprint density at radius 1 is 0.957 bits per heavy atom. The van der Waals surface area contributed by atoms with Crippen LogP contribution >= 0.6 is 0 Å². The van der Waals surface area contributed by atoms with Crippen LogP contribution in [0, 0.1) is 21.7 Å². The zero-order chi connectivity index (χ0) is 16.4. The Kier molecular flexibility index (Phi) is 3.80. The number of nitro benzene ring substituents is 1. The summed E-state index contributed by atoms with van der Waals surface area (Å²) in [6.45, 7) is 0. The predicted molar refractivity (Wildman–Crippen MR) is 83.7 cm³/mol. The first-order valence-electron chi connectivity index (χ1n) is 6.72. The van der Waals surface area contributed by atoms with Crippen molar-refractivity contribution in [1.29, 1.82) is 0 Å². The number of pyridine rings is 1. The van der Waals surface area contributed by atoms with E-state index in [0.717, 1.165) is 12.1 Å². The third-order valence-corrected chi connectivity index (χ3v) is 3.34. The van der Waals surface area contributed by atoms with Crippen LogP contribution in [0.4, 0.5) is 14.5 Å². The fourth-order valence-corrected chi connectivity index (χ4v) is 2.23. The lowest BCUT2D eigenvalue weighted by Crippen LogP contribution is -1.92. The van der Waals surface area contributed by atoms with Gasteiger partial charge in [-0.3, -0.25) is 10.1 Å². The van der Waals surface area contributed by atoms with Crippen molar-refractivity contribution in [3.63, 3.8) is 0 Å². The molecule has 1 heterocycles. The topological polar surface area (TPSA) is 56.0 Å². The van der Waals surface area contributed by atoms with Gasteiger partial charge in [-0.15, -0.1) is 0 Å². The van der Waals surface area contributed by atoms with E-state index in [1.807, 2.05) is 0 Å². The summed E-state index contributed by atoms with van der Waals surface area (Å²) in [6.07, 6.45) is 2.67. The van der Waals surface area contributed by atoms with Crippen molar-refractivity contribution in [2.24, 2.45) is 0 Å². The van der Waals surface area contributed by atoms with Crippen molar-refractivity contribution < 1.29 is 13.7 Å². The molecule has 0 amide bonds. The van der Waals surface area contributed by atoms with Gasteiger partial charge in [0.05, 0.1) is 10.6 Å². The monoisotopic (exact) mass is 312 g/mol. The lowest BCUT2D eigenvalue weighted by atomic mass is 10.1. The van der Waals surface area contributed by atoms with Gasteiger partial charge in [-0.2, -0.15) is 0 Å². The van der Waals surface area contributed by atoms with Crippen LogP contribution in [0.25, 0.3) is 23.1 Å². The molecule has 0 aliphatic rings. The molecule has 0 aliphatic heterocycles. The van der Waals surface area contributed by atoms with Gasteiger partial charge in [0.1, 0.15) is 17.2 Å². The number of benzene rings is 2. The number of hydrogen-bond donors (Lipinski definition) is 0. The maximum Gasteiger partial charge on any atom is 0.295 e. The van der Waals surface area contributed by atoms with Crippen molar-refractivity contribution in [3.05, 3.63) is 81.5 Å². The van der Waals surface area contributed by atoms with E-state index in [1.54, 1.807) is 24.3 Å². The fourth-order valence-electron chi connectivity index (χ4n) is 2.23. The van der Waals surface area contributed by atoms with E-state index in [0.29, 0.717) is 11.1 Å². The number of aromatic nitrogens is 1. The zero-order valence-corrected chi connectivity index (χ0v) is 11.7. The first-order chi connectivity index (χ1) is 11.1. The molecular formula is C17H10F2N2O2. The Bertz CT molecular complexity index is 919. The summed E-state index contributed by atoms with van der Waals surface area (Å²) in [5, 5.41) is 11.7. The van der Waals surface area contributed by atoms with Crippen LogP contribution < -0.4 is 0 Å². The minimum atomic E-state index is -0.687. The fraction of sp³-hybridized carbons (Fsp3) is 0. The average molecular weight is 312 g/mol. The highest BCUT2D eigenvalue weighted by Crippen LogP contribution is 2.24. The van der Waals surface area contributed by atoms with E-state index in [9.17, 15) is 18.9 Å². The number of non-ortho nitro benzene ring substituents is 1. The Morgan fingerprint density at radius 3 is 2.35 bits per heavy atom. The van der Waals surface area contributed by atoms with Crippen LogP contribution in [-0.2, 0) is 0 Å². The lowest BCUT2D eigenvalue weighted by molar-refractivity contribution is -0.383. The number of halogens is 2.